The zero-order valence-corrected chi connectivity index (χ0v) is 12.3. The fourth-order valence-electron chi connectivity index (χ4n) is 1.46. The molecule has 3 nitrogen and oxygen atoms in total. The van der Waals surface area contributed by atoms with E-state index in [-0.39, 0.29) is 5.39 Å². The number of ether oxygens (including phenoxy) is 1. The third-order valence-corrected chi connectivity index (χ3v) is 2.84. The molecule has 2 rings (SSSR count). The number of hydrogen-bond donors (Lipinski definition) is 0. The summed E-state index contributed by atoms with van der Waals surface area (Å²) < 4.78 is 17.6. The molecule has 0 saturated heterocycles. The summed E-state index contributed by atoms with van der Waals surface area (Å²) in [6.07, 6.45) is -0.0122. The van der Waals surface area contributed by atoms with E-state index in [1.54, 1.807) is 12.1 Å². The Kier molecular flexibility index (Phi) is 3.78. The smallest absolute Gasteiger partial charge is 0.397 e. The van der Waals surface area contributed by atoms with Crippen LogP contribution in [0.5, 0.6) is 0 Å². The molecule has 0 aliphatic heterocycles. The van der Waals surface area contributed by atoms with Gasteiger partial charge >= 0.3 is 10.1 Å². The van der Waals surface area contributed by atoms with Crippen LogP contribution in [0.4, 0.5) is 9.18 Å². The molecule has 2 aromatic rings. The van der Waals surface area contributed by atoms with E-state index in [0.717, 1.165) is 10.8 Å². The average Bonchev–Trinajstić information content (AvgIpc) is 2.54. The number of hydrogen-bond acceptors (Lipinski definition) is 2. The van der Waals surface area contributed by atoms with E-state index in [4.69, 9.17) is 34.8 Å². The lowest BCUT2D eigenvalue weighted by atomic mass is 10.2. The minimum Gasteiger partial charge on any atom is -0.397 e. The van der Waals surface area contributed by atoms with Crippen LogP contribution in [0.25, 0.3) is 10.9 Å². The molecular weight excluding hydrogens is 371 g/mol. The maximum Gasteiger partial charge on any atom is 0.422 e. The van der Waals surface area contributed by atoms with E-state index >= 15 is 0 Å². The van der Waals surface area contributed by atoms with Gasteiger partial charge in [0.2, 0.25) is 0 Å². The number of halogens is 5. The molecule has 1 aromatic heterocycles. The Morgan fingerprint density at radius 3 is 2.67 bits per heavy atom. The Labute approximate surface area is 124 Å². The van der Waals surface area contributed by atoms with Crippen LogP contribution in [-0.2, 0) is 4.74 Å². The van der Waals surface area contributed by atoms with E-state index in [2.05, 4.69) is 20.7 Å². The topological polar surface area (TPSA) is 31.2 Å². The predicted molar refractivity (Wildman–Crippen MR) is 71.8 cm³/mol. The van der Waals surface area contributed by atoms with Crippen LogP contribution in [-0.4, -0.2) is 14.6 Å². The molecule has 0 saturated carbocycles. The summed E-state index contributed by atoms with van der Waals surface area (Å²) in [4.78, 5) is 11.7. The fraction of sp³-hybridized carbons (Fsp3) is 0.100. The normalized spacial score (nSPS) is 11.8. The number of rotatable bonds is 0. The van der Waals surface area contributed by atoms with Crippen LogP contribution >= 0.6 is 50.7 Å². The van der Waals surface area contributed by atoms with E-state index in [1.165, 1.54) is 6.07 Å². The van der Waals surface area contributed by atoms with Crippen molar-refractivity contribution in [1.29, 1.82) is 0 Å². The zero-order chi connectivity index (χ0) is 13.5. The third-order valence-electron chi connectivity index (χ3n) is 2.12. The first kappa shape index (κ1) is 13.9. The van der Waals surface area contributed by atoms with E-state index < -0.39 is 15.9 Å². The molecule has 0 aliphatic rings. The van der Waals surface area contributed by atoms with E-state index in [0.29, 0.717) is 9.99 Å². The first-order valence-electron chi connectivity index (χ1n) is 4.54. The molecule has 18 heavy (non-hydrogen) atoms. The Morgan fingerprint density at radius 2 is 2.06 bits per heavy atom. The maximum atomic E-state index is 13.6. The summed E-state index contributed by atoms with van der Waals surface area (Å²) in [5.41, 5.74) is 0.315. The van der Waals surface area contributed by atoms with Crippen molar-refractivity contribution in [3.05, 3.63) is 34.7 Å². The van der Waals surface area contributed by atoms with Crippen molar-refractivity contribution in [1.82, 2.24) is 4.57 Å². The fourth-order valence-corrected chi connectivity index (χ4v) is 2.02. The minimum atomic E-state index is -2.19. The molecule has 0 spiro atoms. The molecule has 0 unspecified atom stereocenters. The van der Waals surface area contributed by atoms with Gasteiger partial charge in [-0.3, -0.25) is 0 Å². The van der Waals surface area contributed by atoms with Gasteiger partial charge < -0.3 is 4.74 Å². The molecule has 1 heterocycles. The SMILES string of the molecule is O=C(OC(Cl)(Cl)Cl)n1cc(F)c2cc(Br)ccc21. The monoisotopic (exact) mass is 373 g/mol. The summed E-state index contributed by atoms with van der Waals surface area (Å²) in [6.45, 7) is 0. The van der Waals surface area contributed by atoms with Crippen molar-refractivity contribution in [3.8, 4) is 0 Å². The Hall–Kier alpha value is -0.490. The summed E-state index contributed by atoms with van der Waals surface area (Å²) in [6, 6.07) is 4.73. The van der Waals surface area contributed by atoms with E-state index in [9.17, 15) is 9.18 Å². The quantitative estimate of drug-likeness (QED) is 0.616. The number of carbonyl (C=O) groups excluding carboxylic acids is 1. The highest BCUT2D eigenvalue weighted by atomic mass is 79.9. The van der Waals surface area contributed by atoms with Gasteiger partial charge in [-0.15, -0.1) is 0 Å². The van der Waals surface area contributed by atoms with Crippen molar-refractivity contribution in [2.75, 3.05) is 0 Å². The highest BCUT2D eigenvalue weighted by molar-refractivity contribution is 9.10. The number of fused-ring (bicyclic) bond motifs is 1. The number of alkyl halides is 3. The van der Waals surface area contributed by atoms with Crippen LogP contribution in [0, 0.1) is 5.82 Å². The van der Waals surface area contributed by atoms with Crippen LogP contribution in [0.3, 0.4) is 0 Å². The summed E-state index contributed by atoms with van der Waals surface area (Å²) in [7, 11) is 0. The van der Waals surface area contributed by atoms with Crippen molar-refractivity contribution in [2.45, 2.75) is 3.98 Å². The first-order valence-corrected chi connectivity index (χ1v) is 6.47. The number of carbonyl (C=O) groups is 1. The highest BCUT2D eigenvalue weighted by Gasteiger charge is 2.27. The lowest BCUT2D eigenvalue weighted by Crippen LogP contribution is -2.20. The second-order valence-electron chi connectivity index (χ2n) is 3.32. The van der Waals surface area contributed by atoms with Gasteiger partial charge in [0.1, 0.15) is 5.82 Å². The van der Waals surface area contributed by atoms with Crippen molar-refractivity contribution < 1.29 is 13.9 Å². The molecule has 8 heteroatoms. The van der Waals surface area contributed by atoms with Crippen molar-refractivity contribution in [3.63, 3.8) is 0 Å². The molecule has 1 aromatic carbocycles. The summed E-state index contributed by atoms with van der Waals surface area (Å²) in [5, 5.41) is 0.255. The second kappa shape index (κ2) is 4.89. The van der Waals surface area contributed by atoms with Gasteiger partial charge in [-0.05, 0) is 53.0 Å². The standard InChI is InChI=1S/C10H4BrCl3FNO2/c11-5-1-2-8-6(3-5)7(15)4-16(8)9(17)18-10(12,13)14/h1-4H. The molecule has 0 fully saturated rings. The van der Waals surface area contributed by atoms with Gasteiger partial charge in [-0.1, -0.05) is 15.9 Å². The average molecular weight is 375 g/mol. The third kappa shape index (κ3) is 2.91. The lowest BCUT2D eigenvalue weighted by Gasteiger charge is -2.12. The van der Waals surface area contributed by atoms with Crippen LogP contribution in [0.2, 0.25) is 0 Å². The van der Waals surface area contributed by atoms with Crippen LogP contribution < -0.4 is 0 Å². The molecule has 0 amide bonds. The van der Waals surface area contributed by atoms with Crippen molar-refractivity contribution >= 4 is 67.7 Å². The molecule has 0 atom stereocenters. The number of benzene rings is 1. The van der Waals surface area contributed by atoms with Gasteiger partial charge in [-0.25, -0.2) is 13.8 Å². The second-order valence-corrected chi connectivity index (χ2v) is 6.42. The van der Waals surface area contributed by atoms with Gasteiger partial charge in [0, 0.05) is 9.86 Å². The van der Waals surface area contributed by atoms with Crippen LogP contribution in [0.15, 0.2) is 28.9 Å². The minimum absolute atomic E-state index is 0.255. The molecule has 96 valence electrons. The van der Waals surface area contributed by atoms with Crippen LogP contribution in [0.1, 0.15) is 0 Å². The Morgan fingerprint density at radius 1 is 1.39 bits per heavy atom. The highest BCUT2D eigenvalue weighted by Crippen LogP contribution is 2.30. The first-order chi connectivity index (χ1) is 8.28. The zero-order valence-electron chi connectivity index (χ0n) is 8.46. The largest absolute Gasteiger partial charge is 0.422 e. The molecular formula is C10H4BrCl3FNO2. The predicted octanol–water partition coefficient (Wildman–Crippen LogP) is 4.86. The van der Waals surface area contributed by atoms with Gasteiger partial charge in [0.05, 0.1) is 11.7 Å². The Bertz CT molecular complexity index is 623. The number of nitrogens with zero attached hydrogens (tertiary/aromatic N) is 1. The molecule has 0 aliphatic carbocycles. The lowest BCUT2D eigenvalue weighted by molar-refractivity contribution is 0.147. The van der Waals surface area contributed by atoms with Gasteiger partial charge in [0.25, 0.3) is 0 Å². The van der Waals surface area contributed by atoms with E-state index in [1.807, 2.05) is 0 Å². The maximum absolute atomic E-state index is 13.6. The Balaban J connectivity index is 2.49. The summed E-state index contributed by atoms with van der Waals surface area (Å²) >= 11 is 19.2. The molecule has 0 radical (unpaired) electrons. The van der Waals surface area contributed by atoms with Gasteiger partial charge in [-0.2, -0.15) is 0 Å². The molecule has 0 bridgehead atoms. The molecule has 0 N–H and O–H groups in total. The summed E-state index contributed by atoms with van der Waals surface area (Å²) in [5.74, 6) is -0.576. The van der Waals surface area contributed by atoms with Crippen molar-refractivity contribution in [2.24, 2.45) is 0 Å². The van der Waals surface area contributed by atoms with Gasteiger partial charge in [0.15, 0.2) is 0 Å². The number of aromatic nitrogens is 1.